The van der Waals surface area contributed by atoms with Crippen LogP contribution >= 0.6 is 0 Å². The molecule has 94 valence electrons. The van der Waals surface area contributed by atoms with Crippen molar-refractivity contribution < 1.29 is 14.2 Å². The Morgan fingerprint density at radius 3 is 2.76 bits per heavy atom. The summed E-state index contributed by atoms with van der Waals surface area (Å²) in [6, 6.07) is 4.38. The van der Waals surface area contributed by atoms with E-state index in [1.807, 2.05) is 4.90 Å². The van der Waals surface area contributed by atoms with E-state index in [0.29, 0.717) is 37.6 Å². The number of hydrogen-bond donors (Lipinski definition) is 2. The van der Waals surface area contributed by atoms with Crippen LogP contribution in [0.15, 0.2) is 18.2 Å². The third-order valence-corrected chi connectivity index (χ3v) is 2.93. The van der Waals surface area contributed by atoms with E-state index >= 15 is 0 Å². The summed E-state index contributed by atoms with van der Waals surface area (Å²) in [5, 5.41) is 9.83. The summed E-state index contributed by atoms with van der Waals surface area (Å²) < 4.78 is 18.6. The van der Waals surface area contributed by atoms with Crippen molar-refractivity contribution in [2.45, 2.75) is 6.10 Å². The predicted molar refractivity (Wildman–Crippen MR) is 63.4 cm³/mol. The highest BCUT2D eigenvalue weighted by Crippen LogP contribution is 2.27. The van der Waals surface area contributed by atoms with Gasteiger partial charge in [-0.05, 0) is 12.1 Å². The molecule has 0 aliphatic carbocycles. The van der Waals surface area contributed by atoms with Gasteiger partial charge in [-0.1, -0.05) is 6.07 Å². The van der Waals surface area contributed by atoms with Crippen molar-refractivity contribution >= 4 is 5.69 Å². The molecule has 17 heavy (non-hydrogen) atoms. The van der Waals surface area contributed by atoms with Crippen LogP contribution in [0.1, 0.15) is 11.7 Å². The highest BCUT2D eigenvalue weighted by molar-refractivity contribution is 5.55. The quantitative estimate of drug-likeness (QED) is 0.814. The zero-order valence-corrected chi connectivity index (χ0v) is 9.60. The number of rotatable bonds is 3. The summed E-state index contributed by atoms with van der Waals surface area (Å²) in [6.45, 7) is 2.77. The van der Waals surface area contributed by atoms with E-state index in [2.05, 4.69) is 0 Å². The number of nitrogens with two attached hydrogens (primary N) is 1. The highest BCUT2D eigenvalue weighted by atomic mass is 19.1. The maximum absolute atomic E-state index is 13.3. The van der Waals surface area contributed by atoms with Crippen LogP contribution in [0.2, 0.25) is 0 Å². The van der Waals surface area contributed by atoms with Crippen LogP contribution in [0.5, 0.6) is 0 Å². The second-order valence-corrected chi connectivity index (χ2v) is 4.05. The molecule has 0 aromatic heterocycles. The van der Waals surface area contributed by atoms with Gasteiger partial charge in [-0.25, -0.2) is 4.39 Å². The zero-order valence-electron chi connectivity index (χ0n) is 9.60. The molecule has 1 aromatic carbocycles. The number of aliphatic hydroxyl groups excluding tert-OH is 1. The average molecular weight is 240 g/mol. The van der Waals surface area contributed by atoms with Crippen molar-refractivity contribution in [1.29, 1.82) is 0 Å². The molecule has 4 nitrogen and oxygen atoms in total. The van der Waals surface area contributed by atoms with Crippen molar-refractivity contribution in [1.82, 2.24) is 0 Å². The number of nitrogens with zero attached hydrogens (tertiary/aromatic N) is 1. The summed E-state index contributed by atoms with van der Waals surface area (Å²) >= 11 is 0. The van der Waals surface area contributed by atoms with Gasteiger partial charge in [0.2, 0.25) is 0 Å². The smallest absolute Gasteiger partial charge is 0.125 e. The van der Waals surface area contributed by atoms with Crippen LogP contribution in [0.25, 0.3) is 0 Å². The van der Waals surface area contributed by atoms with Crippen LogP contribution in [-0.4, -0.2) is 38.0 Å². The van der Waals surface area contributed by atoms with Gasteiger partial charge in [-0.2, -0.15) is 0 Å². The minimum atomic E-state index is -0.756. The molecule has 0 amide bonds. The minimum absolute atomic E-state index is 0.128. The topological polar surface area (TPSA) is 58.7 Å². The van der Waals surface area contributed by atoms with Gasteiger partial charge in [0, 0.05) is 30.9 Å². The third-order valence-electron chi connectivity index (χ3n) is 2.93. The maximum atomic E-state index is 13.3. The van der Waals surface area contributed by atoms with E-state index in [1.54, 1.807) is 6.07 Å². The Bertz CT molecular complexity index is 381. The summed E-state index contributed by atoms with van der Waals surface area (Å²) in [4.78, 5) is 2.01. The molecule has 1 aliphatic rings. The summed E-state index contributed by atoms with van der Waals surface area (Å²) in [6.07, 6.45) is -0.756. The van der Waals surface area contributed by atoms with Gasteiger partial charge < -0.3 is 20.5 Å². The molecule has 1 fully saturated rings. The van der Waals surface area contributed by atoms with E-state index in [1.165, 1.54) is 12.1 Å². The Morgan fingerprint density at radius 1 is 1.41 bits per heavy atom. The van der Waals surface area contributed by atoms with Gasteiger partial charge in [0.1, 0.15) is 5.82 Å². The van der Waals surface area contributed by atoms with Crippen LogP contribution < -0.4 is 10.6 Å². The number of ether oxygens (including phenoxy) is 1. The molecule has 0 spiro atoms. The predicted octanol–water partition coefficient (Wildman–Crippen LogP) is 0.654. The second kappa shape index (κ2) is 5.44. The number of benzene rings is 1. The summed E-state index contributed by atoms with van der Waals surface area (Å²) in [5.41, 5.74) is 6.84. The molecular formula is C12H17FN2O2. The number of morpholine rings is 1. The molecule has 5 heteroatoms. The van der Waals surface area contributed by atoms with Crippen LogP contribution in [0.3, 0.4) is 0 Å². The number of halogens is 1. The first kappa shape index (κ1) is 12.3. The number of anilines is 1. The summed E-state index contributed by atoms with van der Waals surface area (Å²) in [5.74, 6) is -0.306. The lowest BCUT2D eigenvalue weighted by molar-refractivity contribution is 0.122. The van der Waals surface area contributed by atoms with Crippen LogP contribution in [0.4, 0.5) is 10.1 Å². The molecule has 1 unspecified atom stereocenters. The SMILES string of the molecule is NCC(O)c1ccc(F)cc1N1CCOCC1. The first-order chi connectivity index (χ1) is 8.22. The van der Waals surface area contributed by atoms with Gasteiger partial charge >= 0.3 is 0 Å². The lowest BCUT2D eigenvalue weighted by Gasteiger charge is -2.31. The molecule has 1 aliphatic heterocycles. The maximum Gasteiger partial charge on any atom is 0.125 e. The van der Waals surface area contributed by atoms with Crippen molar-refractivity contribution in [3.63, 3.8) is 0 Å². The third kappa shape index (κ3) is 2.74. The first-order valence-electron chi connectivity index (χ1n) is 5.72. The van der Waals surface area contributed by atoms with E-state index < -0.39 is 6.10 Å². The van der Waals surface area contributed by atoms with Crippen molar-refractivity contribution in [3.05, 3.63) is 29.6 Å². The van der Waals surface area contributed by atoms with Gasteiger partial charge in [-0.15, -0.1) is 0 Å². The largest absolute Gasteiger partial charge is 0.387 e. The molecule has 1 atom stereocenters. The normalized spacial score (nSPS) is 18.2. The lowest BCUT2D eigenvalue weighted by Crippen LogP contribution is -2.37. The molecule has 1 heterocycles. The molecule has 0 saturated carbocycles. The van der Waals surface area contributed by atoms with Crippen molar-refractivity contribution in [2.24, 2.45) is 5.73 Å². The first-order valence-corrected chi connectivity index (χ1v) is 5.72. The number of hydrogen-bond acceptors (Lipinski definition) is 4. The van der Waals surface area contributed by atoms with Gasteiger partial charge in [0.05, 0.1) is 19.3 Å². The second-order valence-electron chi connectivity index (χ2n) is 4.05. The molecule has 0 radical (unpaired) electrons. The Hall–Kier alpha value is -1.17. The van der Waals surface area contributed by atoms with E-state index in [4.69, 9.17) is 10.5 Å². The molecule has 2 rings (SSSR count). The van der Waals surface area contributed by atoms with Crippen molar-refractivity contribution in [3.8, 4) is 0 Å². The van der Waals surface area contributed by atoms with Crippen molar-refractivity contribution in [2.75, 3.05) is 37.7 Å². The number of aliphatic hydroxyl groups is 1. The Morgan fingerprint density at radius 2 is 2.12 bits per heavy atom. The Kier molecular flexibility index (Phi) is 3.93. The van der Waals surface area contributed by atoms with E-state index in [0.717, 1.165) is 0 Å². The van der Waals surface area contributed by atoms with Gasteiger partial charge in [-0.3, -0.25) is 0 Å². The van der Waals surface area contributed by atoms with Crippen LogP contribution in [-0.2, 0) is 4.74 Å². The lowest BCUT2D eigenvalue weighted by atomic mass is 10.1. The Labute approximate surface area is 99.8 Å². The minimum Gasteiger partial charge on any atom is -0.387 e. The molecule has 0 bridgehead atoms. The summed E-state index contributed by atoms with van der Waals surface area (Å²) in [7, 11) is 0. The fourth-order valence-corrected chi connectivity index (χ4v) is 2.00. The fourth-order valence-electron chi connectivity index (χ4n) is 2.00. The average Bonchev–Trinajstić information content (AvgIpc) is 2.39. The molecule has 3 N–H and O–H groups in total. The van der Waals surface area contributed by atoms with Gasteiger partial charge in [0.15, 0.2) is 0 Å². The molecular weight excluding hydrogens is 223 g/mol. The van der Waals surface area contributed by atoms with Crippen LogP contribution in [0, 0.1) is 5.82 Å². The monoisotopic (exact) mass is 240 g/mol. The Balaban J connectivity index is 2.31. The van der Waals surface area contributed by atoms with Gasteiger partial charge in [0.25, 0.3) is 0 Å². The fraction of sp³-hybridized carbons (Fsp3) is 0.500. The highest BCUT2D eigenvalue weighted by Gasteiger charge is 2.18. The van der Waals surface area contributed by atoms with E-state index in [-0.39, 0.29) is 12.4 Å². The standard InChI is InChI=1S/C12H17FN2O2/c13-9-1-2-10(12(16)8-14)11(7-9)15-3-5-17-6-4-15/h1-2,7,12,16H,3-6,8,14H2. The molecule has 1 aromatic rings. The molecule has 1 saturated heterocycles. The van der Waals surface area contributed by atoms with E-state index in [9.17, 15) is 9.50 Å². The zero-order chi connectivity index (χ0) is 12.3.